The average Bonchev–Trinajstić information content (AvgIpc) is 2.86. The van der Waals surface area contributed by atoms with Gasteiger partial charge in [0.05, 0.1) is 33.8 Å². The molecule has 0 N–H and O–H groups in total. The molecule has 0 unspecified atom stereocenters. The monoisotopic (exact) mass is 429 g/mol. The van der Waals surface area contributed by atoms with E-state index in [-0.39, 0.29) is 11.1 Å². The highest BCUT2D eigenvalue weighted by molar-refractivity contribution is 5.79. The fourth-order valence-corrected chi connectivity index (χ4v) is 5.03. The van der Waals surface area contributed by atoms with Crippen molar-refractivity contribution in [1.82, 2.24) is 19.4 Å². The van der Waals surface area contributed by atoms with E-state index in [2.05, 4.69) is 36.6 Å². The molecule has 0 amide bonds. The van der Waals surface area contributed by atoms with E-state index >= 15 is 0 Å². The Labute approximate surface area is 189 Å². The number of nitriles is 1. The minimum atomic E-state index is -0.350. The molecule has 0 saturated carbocycles. The largest absolute Gasteiger partial charge is 0.301 e. The number of likely N-dealkylation sites (N-methyl/N-ethyl adjacent to an activating group) is 1. The summed E-state index contributed by atoms with van der Waals surface area (Å²) in [6.45, 7) is 11.6. The summed E-state index contributed by atoms with van der Waals surface area (Å²) in [5.74, 6) is 0.792. The van der Waals surface area contributed by atoms with E-state index in [9.17, 15) is 10.1 Å². The molecule has 6 nitrogen and oxygen atoms in total. The standard InChI is InChI=1S/C26H31N5O/c1-4-26(5-2,30-16-14-29(6-3)15-17-30)25-28-23-13-12-20(19-27)18-22(23)24(32)31(25)21-10-8-7-9-11-21/h7-13,18H,4-6,14-17H2,1-3H3. The second-order valence-corrected chi connectivity index (χ2v) is 8.42. The lowest BCUT2D eigenvalue weighted by atomic mass is 9.87. The molecule has 0 bridgehead atoms. The van der Waals surface area contributed by atoms with Gasteiger partial charge < -0.3 is 4.90 Å². The molecule has 6 heteroatoms. The van der Waals surface area contributed by atoms with Gasteiger partial charge >= 0.3 is 0 Å². The van der Waals surface area contributed by atoms with Crippen LogP contribution >= 0.6 is 0 Å². The topological polar surface area (TPSA) is 65.2 Å². The highest BCUT2D eigenvalue weighted by Gasteiger charge is 2.41. The number of aromatic nitrogens is 2. The number of hydrogen-bond donors (Lipinski definition) is 0. The summed E-state index contributed by atoms with van der Waals surface area (Å²) in [7, 11) is 0. The first-order valence-corrected chi connectivity index (χ1v) is 11.6. The molecule has 1 aromatic heterocycles. The van der Waals surface area contributed by atoms with Crippen molar-refractivity contribution in [2.45, 2.75) is 39.2 Å². The molecule has 0 aliphatic carbocycles. The van der Waals surface area contributed by atoms with Crippen LogP contribution in [0.3, 0.4) is 0 Å². The molecule has 4 rings (SSSR count). The molecule has 0 radical (unpaired) electrons. The van der Waals surface area contributed by atoms with Crippen LogP contribution in [0.1, 0.15) is 45.0 Å². The fraction of sp³-hybridized carbons (Fsp3) is 0.423. The van der Waals surface area contributed by atoms with Gasteiger partial charge in [-0.05, 0) is 49.7 Å². The number of hydrogen-bond acceptors (Lipinski definition) is 5. The van der Waals surface area contributed by atoms with Crippen LogP contribution in [-0.4, -0.2) is 52.1 Å². The Morgan fingerprint density at radius 3 is 2.28 bits per heavy atom. The normalized spacial score (nSPS) is 15.7. The van der Waals surface area contributed by atoms with Gasteiger partial charge in [-0.25, -0.2) is 4.98 Å². The Morgan fingerprint density at radius 2 is 1.69 bits per heavy atom. The van der Waals surface area contributed by atoms with Crippen molar-refractivity contribution in [1.29, 1.82) is 5.26 Å². The molecule has 1 saturated heterocycles. The van der Waals surface area contributed by atoms with Crippen LogP contribution in [0.5, 0.6) is 0 Å². The van der Waals surface area contributed by atoms with E-state index in [0.29, 0.717) is 16.5 Å². The second-order valence-electron chi connectivity index (χ2n) is 8.42. The van der Waals surface area contributed by atoms with E-state index in [0.717, 1.165) is 57.1 Å². The van der Waals surface area contributed by atoms with E-state index in [4.69, 9.17) is 4.98 Å². The van der Waals surface area contributed by atoms with Crippen LogP contribution < -0.4 is 5.56 Å². The van der Waals surface area contributed by atoms with Gasteiger partial charge in [0, 0.05) is 26.2 Å². The van der Waals surface area contributed by atoms with Crippen molar-refractivity contribution < 1.29 is 0 Å². The minimum absolute atomic E-state index is 0.119. The van der Waals surface area contributed by atoms with Crippen LogP contribution in [0.2, 0.25) is 0 Å². The third kappa shape index (κ3) is 3.72. The van der Waals surface area contributed by atoms with Gasteiger partial charge in [0.2, 0.25) is 0 Å². The molecule has 2 aromatic carbocycles. The Kier molecular flexibility index (Phi) is 6.40. The van der Waals surface area contributed by atoms with Crippen molar-refractivity contribution in [2.75, 3.05) is 32.7 Å². The van der Waals surface area contributed by atoms with Gasteiger partial charge in [0.1, 0.15) is 5.82 Å². The third-order valence-corrected chi connectivity index (χ3v) is 7.02. The quantitative estimate of drug-likeness (QED) is 0.594. The van der Waals surface area contributed by atoms with Gasteiger partial charge in [-0.15, -0.1) is 0 Å². The van der Waals surface area contributed by atoms with Crippen LogP contribution in [0.4, 0.5) is 0 Å². The first-order chi connectivity index (χ1) is 15.6. The van der Waals surface area contributed by atoms with Gasteiger partial charge in [-0.2, -0.15) is 5.26 Å². The summed E-state index contributed by atoms with van der Waals surface area (Å²) >= 11 is 0. The van der Waals surface area contributed by atoms with Crippen molar-refractivity contribution in [3.63, 3.8) is 0 Å². The second kappa shape index (κ2) is 9.23. The van der Waals surface area contributed by atoms with Gasteiger partial charge in [0.15, 0.2) is 0 Å². The highest BCUT2D eigenvalue weighted by Crippen LogP contribution is 2.36. The molecule has 1 aliphatic heterocycles. The molecular weight excluding hydrogens is 398 g/mol. The number of benzene rings is 2. The zero-order valence-electron chi connectivity index (χ0n) is 19.2. The molecule has 1 aliphatic rings. The minimum Gasteiger partial charge on any atom is -0.301 e. The Bertz CT molecular complexity index is 1180. The van der Waals surface area contributed by atoms with Crippen molar-refractivity contribution in [2.24, 2.45) is 0 Å². The van der Waals surface area contributed by atoms with Gasteiger partial charge in [0.25, 0.3) is 5.56 Å². The molecule has 0 spiro atoms. The number of fused-ring (bicyclic) bond motifs is 1. The molecule has 2 heterocycles. The van der Waals surface area contributed by atoms with Crippen molar-refractivity contribution >= 4 is 10.9 Å². The van der Waals surface area contributed by atoms with Crippen LogP contribution in [-0.2, 0) is 5.54 Å². The summed E-state index contributed by atoms with van der Waals surface area (Å²) < 4.78 is 1.78. The number of nitrogens with zero attached hydrogens (tertiary/aromatic N) is 5. The lowest BCUT2D eigenvalue weighted by molar-refractivity contribution is 0.0173. The van der Waals surface area contributed by atoms with Crippen molar-refractivity contribution in [3.8, 4) is 11.8 Å². The Morgan fingerprint density at radius 1 is 1.00 bits per heavy atom. The number of rotatable bonds is 6. The summed E-state index contributed by atoms with van der Waals surface area (Å²) in [5, 5.41) is 9.84. The lowest BCUT2D eigenvalue weighted by Crippen LogP contribution is -2.56. The molecular formula is C26H31N5O. The zero-order valence-corrected chi connectivity index (χ0v) is 19.2. The summed E-state index contributed by atoms with van der Waals surface area (Å²) in [4.78, 5) is 24.0. The predicted octanol–water partition coefficient (Wildman–Crippen LogP) is 3.91. The number of piperazine rings is 1. The Hall–Kier alpha value is -3.01. The average molecular weight is 430 g/mol. The smallest absolute Gasteiger partial charge is 0.266 e. The lowest BCUT2D eigenvalue weighted by Gasteiger charge is -2.47. The van der Waals surface area contributed by atoms with Crippen molar-refractivity contribution in [3.05, 3.63) is 70.3 Å². The molecule has 32 heavy (non-hydrogen) atoms. The summed E-state index contributed by atoms with van der Waals surface area (Å²) in [6, 6.07) is 17.1. The molecule has 1 fully saturated rings. The highest BCUT2D eigenvalue weighted by atomic mass is 16.1. The zero-order chi connectivity index (χ0) is 22.7. The van der Waals surface area contributed by atoms with E-state index in [1.165, 1.54) is 0 Å². The SMILES string of the molecule is CCN1CCN(C(CC)(CC)c2nc3ccc(C#N)cc3c(=O)n2-c2ccccc2)CC1. The maximum atomic E-state index is 13.9. The first kappa shape index (κ1) is 22.2. The maximum absolute atomic E-state index is 13.9. The van der Waals surface area contributed by atoms with Gasteiger partial charge in [-0.1, -0.05) is 39.0 Å². The van der Waals surface area contributed by atoms with Gasteiger partial charge in [-0.3, -0.25) is 14.3 Å². The van der Waals surface area contributed by atoms with E-state index in [1.54, 1.807) is 22.8 Å². The molecule has 0 atom stereocenters. The summed E-state index contributed by atoms with van der Waals surface area (Å²) in [6.07, 6.45) is 1.72. The first-order valence-electron chi connectivity index (χ1n) is 11.6. The summed E-state index contributed by atoms with van der Waals surface area (Å²) in [5.41, 5.74) is 1.46. The molecule has 166 valence electrons. The number of para-hydroxylation sites is 1. The van der Waals surface area contributed by atoms with E-state index < -0.39 is 0 Å². The fourth-order valence-electron chi connectivity index (χ4n) is 5.03. The van der Waals surface area contributed by atoms with Crippen LogP contribution in [0, 0.1) is 11.3 Å². The van der Waals surface area contributed by atoms with Crippen LogP contribution in [0.25, 0.3) is 16.6 Å². The van der Waals surface area contributed by atoms with Crippen LogP contribution in [0.15, 0.2) is 53.3 Å². The Balaban J connectivity index is 1.99. The molecule has 3 aromatic rings. The van der Waals surface area contributed by atoms with E-state index in [1.807, 2.05) is 30.3 Å². The maximum Gasteiger partial charge on any atom is 0.266 e. The third-order valence-electron chi connectivity index (χ3n) is 7.02. The predicted molar refractivity (Wildman–Crippen MR) is 128 cm³/mol.